The first-order chi connectivity index (χ1) is 7.74. The quantitative estimate of drug-likeness (QED) is 0.800. The van der Waals surface area contributed by atoms with Crippen molar-refractivity contribution in [2.45, 2.75) is 26.2 Å². The normalized spacial score (nSPS) is 10.6. The standard InChI is InChI=1S/C12H13NO2S/c1-9-13-10(8-16-9)7-11(14)4-5-12-3-2-6-15-12/h2-3,6,8H,4-5,7H2,1H3. The third kappa shape index (κ3) is 3.03. The van der Waals surface area contributed by atoms with Crippen molar-refractivity contribution in [3.8, 4) is 0 Å². The molecule has 0 aliphatic rings. The van der Waals surface area contributed by atoms with Crippen molar-refractivity contribution in [2.75, 3.05) is 0 Å². The lowest BCUT2D eigenvalue weighted by Gasteiger charge is -1.96. The van der Waals surface area contributed by atoms with Gasteiger partial charge in [0, 0.05) is 24.6 Å². The zero-order valence-electron chi connectivity index (χ0n) is 9.10. The molecule has 0 radical (unpaired) electrons. The molecule has 0 saturated carbocycles. The summed E-state index contributed by atoms with van der Waals surface area (Å²) in [5.41, 5.74) is 0.881. The molecule has 2 heterocycles. The zero-order chi connectivity index (χ0) is 11.4. The lowest BCUT2D eigenvalue weighted by Crippen LogP contribution is -2.04. The molecule has 4 heteroatoms. The molecule has 16 heavy (non-hydrogen) atoms. The Morgan fingerprint density at radius 1 is 1.56 bits per heavy atom. The summed E-state index contributed by atoms with van der Waals surface area (Å²) >= 11 is 1.58. The van der Waals surface area contributed by atoms with Crippen LogP contribution in [0, 0.1) is 6.92 Å². The molecule has 3 nitrogen and oxygen atoms in total. The maximum Gasteiger partial charge on any atom is 0.139 e. The minimum atomic E-state index is 0.210. The van der Waals surface area contributed by atoms with E-state index in [9.17, 15) is 4.79 Å². The molecule has 0 unspecified atom stereocenters. The second-order valence-corrected chi connectivity index (χ2v) is 4.71. The molecule has 0 aromatic carbocycles. The number of carbonyl (C=O) groups excluding carboxylic acids is 1. The number of ketones is 1. The topological polar surface area (TPSA) is 43.1 Å². The average molecular weight is 235 g/mol. The van der Waals surface area contributed by atoms with Crippen LogP contribution in [0.4, 0.5) is 0 Å². The summed E-state index contributed by atoms with van der Waals surface area (Å²) in [4.78, 5) is 15.9. The third-order valence-electron chi connectivity index (χ3n) is 2.28. The Kier molecular flexibility index (Phi) is 3.51. The zero-order valence-corrected chi connectivity index (χ0v) is 9.92. The number of aromatic nitrogens is 1. The van der Waals surface area contributed by atoms with Crippen LogP contribution in [-0.2, 0) is 17.6 Å². The molecule has 0 bridgehead atoms. The highest BCUT2D eigenvalue weighted by Gasteiger charge is 2.07. The molecule has 84 valence electrons. The van der Waals surface area contributed by atoms with Crippen molar-refractivity contribution < 1.29 is 9.21 Å². The molecule has 2 aromatic rings. The fourth-order valence-electron chi connectivity index (χ4n) is 1.50. The van der Waals surface area contributed by atoms with Crippen LogP contribution in [0.2, 0.25) is 0 Å². The summed E-state index contributed by atoms with van der Waals surface area (Å²) in [6.45, 7) is 1.95. The van der Waals surface area contributed by atoms with Gasteiger partial charge in [0.15, 0.2) is 0 Å². The minimum absolute atomic E-state index is 0.210. The number of aryl methyl sites for hydroxylation is 2. The minimum Gasteiger partial charge on any atom is -0.469 e. The van der Waals surface area contributed by atoms with Gasteiger partial charge in [0.1, 0.15) is 11.5 Å². The van der Waals surface area contributed by atoms with E-state index in [2.05, 4.69) is 4.98 Å². The number of rotatable bonds is 5. The Balaban J connectivity index is 1.81. The first-order valence-corrected chi connectivity index (χ1v) is 6.07. The molecular formula is C12H13NO2S. The number of furan rings is 1. The Bertz CT molecular complexity index is 459. The third-order valence-corrected chi connectivity index (χ3v) is 3.10. The second kappa shape index (κ2) is 5.07. The largest absolute Gasteiger partial charge is 0.469 e. The van der Waals surface area contributed by atoms with Gasteiger partial charge in [0.2, 0.25) is 0 Å². The fraction of sp³-hybridized carbons (Fsp3) is 0.333. The van der Waals surface area contributed by atoms with Gasteiger partial charge in [-0.2, -0.15) is 0 Å². The van der Waals surface area contributed by atoms with Crippen LogP contribution in [-0.4, -0.2) is 10.8 Å². The Hall–Kier alpha value is -1.42. The van der Waals surface area contributed by atoms with Crippen LogP contribution < -0.4 is 0 Å². The van der Waals surface area contributed by atoms with E-state index in [4.69, 9.17) is 4.42 Å². The van der Waals surface area contributed by atoms with E-state index in [1.165, 1.54) is 0 Å². The summed E-state index contributed by atoms with van der Waals surface area (Å²) in [5, 5.41) is 2.95. The van der Waals surface area contributed by atoms with E-state index in [0.717, 1.165) is 16.5 Å². The number of hydrogen-bond acceptors (Lipinski definition) is 4. The SMILES string of the molecule is Cc1nc(CC(=O)CCc2ccco2)cs1. The van der Waals surface area contributed by atoms with Crippen LogP contribution in [0.1, 0.15) is 22.9 Å². The Morgan fingerprint density at radius 3 is 3.06 bits per heavy atom. The van der Waals surface area contributed by atoms with E-state index in [1.807, 2.05) is 24.4 Å². The van der Waals surface area contributed by atoms with Crippen molar-refractivity contribution in [1.29, 1.82) is 0 Å². The van der Waals surface area contributed by atoms with Crippen molar-refractivity contribution in [1.82, 2.24) is 4.98 Å². The van der Waals surface area contributed by atoms with Crippen molar-refractivity contribution >= 4 is 17.1 Å². The Morgan fingerprint density at radius 2 is 2.44 bits per heavy atom. The maximum atomic E-state index is 11.6. The van der Waals surface area contributed by atoms with Crippen LogP contribution in [0.25, 0.3) is 0 Å². The number of thiazole rings is 1. The predicted octanol–water partition coefficient (Wildman–Crippen LogP) is 2.79. The molecule has 0 atom stereocenters. The molecule has 0 N–H and O–H groups in total. The summed E-state index contributed by atoms with van der Waals surface area (Å²) in [6, 6.07) is 3.73. The van der Waals surface area contributed by atoms with Crippen molar-refractivity contribution in [3.05, 3.63) is 40.2 Å². The molecule has 0 fully saturated rings. The molecule has 0 saturated heterocycles. The van der Waals surface area contributed by atoms with E-state index in [0.29, 0.717) is 19.3 Å². The molecular weight excluding hydrogens is 222 g/mol. The summed E-state index contributed by atoms with van der Waals surface area (Å²) in [5.74, 6) is 1.07. The maximum absolute atomic E-state index is 11.6. The van der Waals surface area contributed by atoms with Gasteiger partial charge in [-0.05, 0) is 19.1 Å². The average Bonchev–Trinajstić information content (AvgIpc) is 2.87. The number of Topliss-reactive ketones (excluding diaryl/α,β-unsaturated/α-hetero) is 1. The number of nitrogens with zero attached hydrogens (tertiary/aromatic N) is 1. The summed E-state index contributed by atoms with van der Waals surface area (Å²) in [7, 11) is 0. The van der Waals surface area contributed by atoms with Gasteiger partial charge in [-0.3, -0.25) is 4.79 Å². The molecule has 0 spiro atoms. The van der Waals surface area contributed by atoms with E-state index >= 15 is 0 Å². The lowest BCUT2D eigenvalue weighted by molar-refractivity contribution is -0.118. The van der Waals surface area contributed by atoms with Gasteiger partial charge in [0.05, 0.1) is 17.0 Å². The molecule has 2 rings (SSSR count). The smallest absolute Gasteiger partial charge is 0.139 e. The van der Waals surface area contributed by atoms with Crippen LogP contribution >= 0.6 is 11.3 Å². The van der Waals surface area contributed by atoms with Gasteiger partial charge < -0.3 is 4.42 Å². The van der Waals surface area contributed by atoms with Crippen LogP contribution in [0.3, 0.4) is 0 Å². The van der Waals surface area contributed by atoms with E-state index in [1.54, 1.807) is 17.6 Å². The van der Waals surface area contributed by atoms with Gasteiger partial charge in [-0.1, -0.05) is 0 Å². The fourth-order valence-corrected chi connectivity index (χ4v) is 2.11. The lowest BCUT2D eigenvalue weighted by atomic mass is 10.1. The first-order valence-electron chi connectivity index (χ1n) is 5.19. The highest BCUT2D eigenvalue weighted by atomic mass is 32.1. The van der Waals surface area contributed by atoms with Crippen LogP contribution in [0.15, 0.2) is 28.2 Å². The molecule has 0 aliphatic carbocycles. The summed E-state index contributed by atoms with van der Waals surface area (Å²) < 4.78 is 5.17. The Labute approximate surface area is 98.1 Å². The monoisotopic (exact) mass is 235 g/mol. The van der Waals surface area contributed by atoms with E-state index < -0.39 is 0 Å². The summed E-state index contributed by atoms with van der Waals surface area (Å²) in [6.07, 6.45) is 3.26. The van der Waals surface area contributed by atoms with E-state index in [-0.39, 0.29) is 5.78 Å². The van der Waals surface area contributed by atoms with Gasteiger partial charge in [0.25, 0.3) is 0 Å². The van der Waals surface area contributed by atoms with Gasteiger partial charge >= 0.3 is 0 Å². The highest BCUT2D eigenvalue weighted by molar-refractivity contribution is 7.09. The number of carbonyl (C=O) groups is 1. The van der Waals surface area contributed by atoms with Gasteiger partial charge in [-0.15, -0.1) is 11.3 Å². The molecule has 0 aliphatic heterocycles. The molecule has 2 aromatic heterocycles. The first kappa shape index (κ1) is 11.1. The van der Waals surface area contributed by atoms with Crippen molar-refractivity contribution in [2.24, 2.45) is 0 Å². The second-order valence-electron chi connectivity index (χ2n) is 3.65. The predicted molar refractivity (Wildman–Crippen MR) is 62.6 cm³/mol. The van der Waals surface area contributed by atoms with Gasteiger partial charge in [-0.25, -0.2) is 4.98 Å². The highest BCUT2D eigenvalue weighted by Crippen LogP contribution is 2.10. The molecule has 0 amide bonds. The van der Waals surface area contributed by atoms with Crippen molar-refractivity contribution in [3.63, 3.8) is 0 Å². The van der Waals surface area contributed by atoms with Crippen LogP contribution in [0.5, 0.6) is 0 Å². The number of hydrogen-bond donors (Lipinski definition) is 0.